The summed E-state index contributed by atoms with van der Waals surface area (Å²) in [6.45, 7) is 2.47. The Bertz CT molecular complexity index is 964. The number of benzene rings is 2. The van der Waals surface area contributed by atoms with E-state index in [0.29, 0.717) is 34.6 Å². The van der Waals surface area contributed by atoms with Gasteiger partial charge in [-0.15, -0.1) is 0 Å². The van der Waals surface area contributed by atoms with Crippen molar-refractivity contribution in [2.45, 2.75) is 6.92 Å². The predicted octanol–water partition coefficient (Wildman–Crippen LogP) is 4.53. The SMILES string of the molecule is CCOc1ccccc1Nc1cnc(C(=O)Nc2cc(Cl)ccc2OC)cn1. The number of ether oxygens (including phenoxy) is 2. The largest absolute Gasteiger partial charge is 0.495 e. The molecule has 0 spiro atoms. The quantitative estimate of drug-likeness (QED) is 0.608. The third-order valence-corrected chi connectivity index (χ3v) is 3.98. The molecule has 0 fully saturated rings. The lowest BCUT2D eigenvalue weighted by molar-refractivity contribution is 0.102. The number of nitrogens with zero attached hydrogens (tertiary/aromatic N) is 2. The molecule has 0 atom stereocenters. The molecule has 0 radical (unpaired) electrons. The summed E-state index contributed by atoms with van der Waals surface area (Å²) in [5.74, 6) is 1.27. The zero-order valence-electron chi connectivity index (χ0n) is 15.4. The lowest BCUT2D eigenvalue weighted by Gasteiger charge is -2.12. The van der Waals surface area contributed by atoms with Crippen LogP contribution in [0.15, 0.2) is 54.9 Å². The van der Waals surface area contributed by atoms with E-state index in [4.69, 9.17) is 21.1 Å². The molecule has 0 aliphatic carbocycles. The van der Waals surface area contributed by atoms with Gasteiger partial charge in [0.05, 0.1) is 37.5 Å². The van der Waals surface area contributed by atoms with Crippen molar-refractivity contribution in [3.05, 3.63) is 65.6 Å². The second-order valence-electron chi connectivity index (χ2n) is 5.64. The van der Waals surface area contributed by atoms with E-state index in [-0.39, 0.29) is 5.69 Å². The van der Waals surface area contributed by atoms with Gasteiger partial charge in [0.25, 0.3) is 5.91 Å². The number of carbonyl (C=O) groups excluding carboxylic acids is 1. The van der Waals surface area contributed by atoms with E-state index in [2.05, 4.69) is 20.6 Å². The number of anilines is 3. The molecule has 3 aromatic rings. The molecular weight excluding hydrogens is 380 g/mol. The highest BCUT2D eigenvalue weighted by atomic mass is 35.5. The minimum Gasteiger partial charge on any atom is -0.495 e. The molecule has 0 bridgehead atoms. The zero-order valence-corrected chi connectivity index (χ0v) is 16.2. The summed E-state index contributed by atoms with van der Waals surface area (Å²) in [5, 5.41) is 6.33. The molecule has 2 N–H and O–H groups in total. The average Bonchev–Trinajstić information content (AvgIpc) is 2.70. The van der Waals surface area contributed by atoms with Crippen LogP contribution in [-0.4, -0.2) is 29.6 Å². The Morgan fingerprint density at radius 1 is 1.07 bits per heavy atom. The van der Waals surface area contributed by atoms with Crippen LogP contribution in [0.4, 0.5) is 17.2 Å². The Kier molecular flexibility index (Phi) is 6.29. The highest BCUT2D eigenvalue weighted by Crippen LogP contribution is 2.28. The van der Waals surface area contributed by atoms with Gasteiger partial charge in [0.15, 0.2) is 0 Å². The number of rotatable bonds is 7. The van der Waals surface area contributed by atoms with Crippen LogP contribution in [0, 0.1) is 0 Å². The summed E-state index contributed by atoms with van der Waals surface area (Å²) in [5.41, 5.74) is 1.37. The first kappa shape index (κ1) is 19.4. The van der Waals surface area contributed by atoms with E-state index >= 15 is 0 Å². The Morgan fingerprint density at radius 2 is 1.89 bits per heavy atom. The summed E-state index contributed by atoms with van der Waals surface area (Å²) in [4.78, 5) is 20.9. The number of hydrogen-bond acceptors (Lipinski definition) is 6. The van der Waals surface area contributed by atoms with Crippen molar-refractivity contribution in [3.8, 4) is 11.5 Å². The van der Waals surface area contributed by atoms with Gasteiger partial charge in [-0.3, -0.25) is 4.79 Å². The van der Waals surface area contributed by atoms with Gasteiger partial charge in [-0.25, -0.2) is 9.97 Å². The number of methoxy groups -OCH3 is 1. The highest BCUT2D eigenvalue weighted by molar-refractivity contribution is 6.31. The van der Waals surface area contributed by atoms with E-state index in [1.165, 1.54) is 19.5 Å². The summed E-state index contributed by atoms with van der Waals surface area (Å²) >= 11 is 5.98. The van der Waals surface area contributed by atoms with Gasteiger partial charge in [0.1, 0.15) is 23.0 Å². The maximum atomic E-state index is 12.4. The standard InChI is InChI=1S/C20H19ClN4O3/c1-3-28-18-7-5-4-6-14(18)24-19-12-22-16(11-23-19)20(26)25-15-10-13(21)8-9-17(15)27-2/h4-12H,3H2,1-2H3,(H,23,24)(H,25,26). The van der Waals surface area contributed by atoms with Crippen molar-refractivity contribution in [1.82, 2.24) is 9.97 Å². The molecule has 8 heteroatoms. The zero-order chi connectivity index (χ0) is 19.9. The van der Waals surface area contributed by atoms with Crippen LogP contribution in [0.1, 0.15) is 17.4 Å². The Morgan fingerprint density at radius 3 is 2.61 bits per heavy atom. The van der Waals surface area contributed by atoms with Gasteiger partial charge in [0, 0.05) is 5.02 Å². The third kappa shape index (κ3) is 4.69. The fourth-order valence-electron chi connectivity index (χ4n) is 2.46. The third-order valence-electron chi connectivity index (χ3n) is 3.74. The van der Waals surface area contributed by atoms with Gasteiger partial charge in [0.2, 0.25) is 0 Å². The molecular formula is C20H19ClN4O3. The molecule has 0 aliphatic rings. The van der Waals surface area contributed by atoms with E-state index in [1.807, 2.05) is 31.2 Å². The molecule has 3 rings (SSSR count). The number of hydrogen-bond donors (Lipinski definition) is 2. The maximum absolute atomic E-state index is 12.4. The van der Waals surface area contributed by atoms with Crippen LogP contribution >= 0.6 is 11.6 Å². The first-order valence-corrected chi connectivity index (χ1v) is 8.94. The summed E-state index contributed by atoms with van der Waals surface area (Å²) in [7, 11) is 1.51. The number of carbonyl (C=O) groups is 1. The molecule has 2 aromatic carbocycles. The van der Waals surface area contributed by atoms with Crippen molar-refractivity contribution in [3.63, 3.8) is 0 Å². The molecule has 1 amide bonds. The fraction of sp³-hybridized carbons (Fsp3) is 0.150. The van der Waals surface area contributed by atoms with Gasteiger partial charge in [-0.05, 0) is 37.3 Å². The monoisotopic (exact) mass is 398 g/mol. The average molecular weight is 399 g/mol. The minimum absolute atomic E-state index is 0.158. The normalized spacial score (nSPS) is 10.2. The van der Waals surface area contributed by atoms with Crippen LogP contribution in [0.5, 0.6) is 11.5 Å². The Labute approximate surface area is 167 Å². The Hall–Kier alpha value is -3.32. The van der Waals surface area contributed by atoms with Crippen LogP contribution in [0.2, 0.25) is 5.02 Å². The highest BCUT2D eigenvalue weighted by Gasteiger charge is 2.13. The fourth-order valence-corrected chi connectivity index (χ4v) is 2.64. The van der Waals surface area contributed by atoms with Gasteiger partial charge in [-0.2, -0.15) is 0 Å². The maximum Gasteiger partial charge on any atom is 0.275 e. The van der Waals surface area contributed by atoms with E-state index < -0.39 is 5.91 Å². The summed E-state index contributed by atoms with van der Waals surface area (Å²) in [6.07, 6.45) is 2.87. The molecule has 0 saturated heterocycles. The molecule has 0 saturated carbocycles. The number of aromatic nitrogens is 2. The van der Waals surface area contributed by atoms with Crippen LogP contribution in [0.3, 0.4) is 0 Å². The minimum atomic E-state index is -0.422. The lowest BCUT2D eigenvalue weighted by atomic mass is 10.2. The topological polar surface area (TPSA) is 85.4 Å². The second-order valence-corrected chi connectivity index (χ2v) is 6.08. The molecule has 1 heterocycles. The smallest absolute Gasteiger partial charge is 0.275 e. The number of halogens is 1. The van der Waals surface area contributed by atoms with Gasteiger partial charge in [-0.1, -0.05) is 23.7 Å². The first-order chi connectivity index (χ1) is 13.6. The van der Waals surface area contributed by atoms with Crippen molar-refractivity contribution in [2.75, 3.05) is 24.4 Å². The van der Waals surface area contributed by atoms with Gasteiger partial charge < -0.3 is 20.1 Å². The lowest BCUT2D eigenvalue weighted by Crippen LogP contribution is -2.15. The molecule has 7 nitrogen and oxygen atoms in total. The van der Waals surface area contributed by atoms with Gasteiger partial charge >= 0.3 is 0 Å². The summed E-state index contributed by atoms with van der Waals surface area (Å²) in [6, 6.07) is 12.5. The van der Waals surface area contributed by atoms with Crippen molar-refractivity contribution in [1.29, 1.82) is 0 Å². The van der Waals surface area contributed by atoms with E-state index in [0.717, 1.165) is 5.69 Å². The number of nitrogens with one attached hydrogen (secondary N) is 2. The number of para-hydroxylation sites is 2. The van der Waals surface area contributed by atoms with Crippen LogP contribution in [0.25, 0.3) is 0 Å². The predicted molar refractivity (Wildman–Crippen MR) is 109 cm³/mol. The molecule has 0 aliphatic heterocycles. The van der Waals surface area contributed by atoms with Crippen LogP contribution < -0.4 is 20.1 Å². The summed E-state index contributed by atoms with van der Waals surface area (Å²) < 4.78 is 10.8. The second kappa shape index (κ2) is 9.05. The Balaban J connectivity index is 1.72. The molecule has 0 unspecified atom stereocenters. The van der Waals surface area contributed by atoms with E-state index in [1.54, 1.807) is 18.2 Å². The molecule has 144 valence electrons. The molecule has 28 heavy (non-hydrogen) atoms. The van der Waals surface area contributed by atoms with Crippen LogP contribution in [-0.2, 0) is 0 Å². The van der Waals surface area contributed by atoms with Crippen molar-refractivity contribution in [2.24, 2.45) is 0 Å². The molecule has 1 aromatic heterocycles. The van der Waals surface area contributed by atoms with E-state index in [9.17, 15) is 4.79 Å². The first-order valence-electron chi connectivity index (χ1n) is 8.56. The van der Waals surface area contributed by atoms with Crippen molar-refractivity contribution < 1.29 is 14.3 Å². The van der Waals surface area contributed by atoms with Crippen molar-refractivity contribution >= 4 is 34.7 Å². The number of amides is 1.